The molecule has 2 aromatic carbocycles. The third-order valence-corrected chi connectivity index (χ3v) is 6.05. The van der Waals surface area contributed by atoms with Crippen molar-refractivity contribution in [2.24, 2.45) is 5.92 Å². The van der Waals surface area contributed by atoms with Gasteiger partial charge in [0.05, 0.1) is 17.4 Å². The van der Waals surface area contributed by atoms with Crippen LogP contribution >= 0.6 is 0 Å². The number of amides is 2. The van der Waals surface area contributed by atoms with Crippen molar-refractivity contribution < 1.29 is 18.0 Å². The van der Waals surface area contributed by atoms with Gasteiger partial charge in [0.25, 0.3) is 5.91 Å². The Morgan fingerprint density at radius 3 is 2.35 bits per heavy atom. The van der Waals surface area contributed by atoms with Crippen LogP contribution in [0.4, 0.5) is 11.4 Å². The van der Waals surface area contributed by atoms with Crippen molar-refractivity contribution in [3.63, 3.8) is 0 Å². The number of nitrogens with one attached hydrogen (secondary N) is 1. The van der Waals surface area contributed by atoms with Gasteiger partial charge < -0.3 is 5.32 Å². The van der Waals surface area contributed by atoms with Gasteiger partial charge in [0.15, 0.2) is 0 Å². The zero-order valence-electron chi connectivity index (χ0n) is 14.8. The topological polar surface area (TPSA) is 83.6 Å². The molecule has 1 N–H and O–H groups in total. The summed E-state index contributed by atoms with van der Waals surface area (Å²) in [5, 5.41) is 2.81. The molecule has 136 valence electrons. The number of benzene rings is 2. The monoisotopic (exact) mass is 372 g/mol. The molecule has 1 aliphatic heterocycles. The van der Waals surface area contributed by atoms with Crippen molar-refractivity contribution in [3.05, 3.63) is 59.2 Å². The molecule has 0 bridgehead atoms. The maximum atomic E-state index is 12.5. The molecule has 6 nitrogen and oxygen atoms in total. The van der Waals surface area contributed by atoms with Crippen LogP contribution in [0.25, 0.3) is 0 Å². The van der Waals surface area contributed by atoms with Gasteiger partial charge in [-0.05, 0) is 55.3 Å². The third-order valence-electron chi connectivity index (χ3n) is 4.18. The van der Waals surface area contributed by atoms with Crippen molar-refractivity contribution in [2.75, 3.05) is 15.4 Å². The molecule has 2 aromatic rings. The van der Waals surface area contributed by atoms with Crippen LogP contribution in [0.15, 0.2) is 42.5 Å². The van der Waals surface area contributed by atoms with Gasteiger partial charge in [-0.3, -0.25) is 9.59 Å². The van der Waals surface area contributed by atoms with E-state index < -0.39 is 21.8 Å². The van der Waals surface area contributed by atoms with Crippen molar-refractivity contribution in [1.29, 1.82) is 0 Å². The maximum Gasteiger partial charge on any atom is 0.255 e. The number of hydrogen-bond acceptors (Lipinski definition) is 4. The highest BCUT2D eigenvalue weighted by molar-refractivity contribution is 7.94. The molecule has 1 fully saturated rings. The highest BCUT2D eigenvalue weighted by Gasteiger charge is 2.42. The number of nitrogens with zero attached hydrogens (tertiary/aromatic N) is 1. The number of carbonyl (C=O) groups excluding carboxylic acids is 2. The first-order valence-corrected chi connectivity index (χ1v) is 9.85. The molecular formula is C19H20N2O4S. The Morgan fingerprint density at radius 2 is 1.77 bits per heavy atom. The molecule has 26 heavy (non-hydrogen) atoms. The lowest BCUT2D eigenvalue weighted by Gasteiger charge is -2.16. The van der Waals surface area contributed by atoms with E-state index in [2.05, 4.69) is 5.32 Å². The molecule has 3 rings (SSSR count). The Bertz CT molecular complexity index is 978. The highest BCUT2D eigenvalue weighted by Crippen LogP contribution is 2.29. The lowest BCUT2D eigenvalue weighted by Crippen LogP contribution is -2.30. The lowest BCUT2D eigenvalue weighted by atomic mass is 10.1. The summed E-state index contributed by atoms with van der Waals surface area (Å²) in [6.07, 6.45) is 0. The van der Waals surface area contributed by atoms with Crippen LogP contribution < -0.4 is 9.62 Å². The predicted molar refractivity (Wildman–Crippen MR) is 101 cm³/mol. The Morgan fingerprint density at radius 1 is 1.12 bits per heavy atom. The number of hydrogen-bond donors (Lipinski definition) is 1. The Balaban J connectivity index is 1.90. The second-order valence-corrected chi connectivity index (χ2v) is 8.53. The smallest absolute Gasteiger partial charge is 0.255 e. The van der Waals surface area contributed by atoms with E-state index in [1.54, 1.807) is 19.1 Å². The quantitative estimate of drug-likeness (QED) is 0.898. The van der Waals surface area contributed by atoms with Crippen LogP contribution in [0.5, 0.6) is 0 Å². The molecule has 1 aliphatic rings. The minimum absolute atomic E-state index is 0.187. The Kier molecular flexibility index (Phi) is 4.58. The van der Waals surface area contributed by atoms with Gasteiger partial charge in [0.2, 0.25) is 15.9 Å². The number of anilines is 2. The second-order valence-electron chi connectivity index (χ2n) is 6.66. The number of carbonyl (C=O) groups is 2. The fraction of sp³-hybridized carbons (Fsp3) is 0.263. The largest absolute Gasteiger partial charge is 0.322 e. The van der Waals surface area contributed by atoms with E-state index in [0.717, 1.165) is 15.4 Å². The summed E-state index contributed by atoms with van der Waals surface area (Å²) in [6, 6.07) is 11.8. The van der Waals surface area contributed by atoms with E-state index >= 15 is 0 Å². The van der Waals surface area contributed by atoms with Gasteiger partial charge in [-0.25, -0.2) is 12.7 Å². The van der Waals surface area contributed by atoms with E-state index in [0.29, 0.717) is 5.69 Å². The fourth-order valence-electron chi connectivity index (χ4n) is 3.11. The summed E-state index contributed by atoms with van der Waals surface area (Å²) in [5.41, 5.74) is 3.18. The van der Waals surface area contributed by atoms with E-state index in [9.17, 15) is 18.0 Å². The third kappa shape index (κ3) is 3.48. The molecule has 0 unspecified atom stereocenters. The van der Waals surface area contributed by atoms with E-state index in [1.165, 1.54) is 12.1 Å². The van der Waals surface area contributed by atoms with Gasteiger partial charge in [-0.1, -0.05) is 19.1 Å². The van der Waals surface area contributed by atoms with Gasteiger partial charge in [-0.15, -0.1) is 0 Å². The highest BCUT2D eigenvalue weighted by atomic mass is 32.2. The average Bonchev–Trinajstić information content (AvgIpc) is 2.74. The zero-order valence-corrected chi connectivity index (χ0v) is 15.6. The van der Waals surface area contributed by atoms with Gasteiger partial charge >= 0.3 is 0 Å². The summed E-state index contributed by atoms with van der Waals surface area (Å²) in [7, 11) is -3.70. The molecule has 0 radical (unpaired) electrons. The summed E-state index contributed by atoms with van der Waals surface area (Å²) in [5.74, 6) is -1.65. The predicted octanol–water partition coefficient (Wildman–Crippen LogP) is 2.87. The van der Waals surface area contributed by atoms with Crippen LogP contribution in [0, 0.1) is 19.8 Å². The Hall–Kier alpha value is -2.67. The minimum Gasteiger partial charge on any atom is -0.322 e. The van der Waals surface area contributed by atoms with E-state index in [-0.39, 0.29) is 22.9 Å². The van der Waals surface area contributed by atoms with Gasteiger partial charge in [0.1, 0.15) is 0 Å². The molecule has 1 saturated heterocycles. The fourth-order valence-corrected chi connectivity index (χ4v) is 4.92. The van der Waals surface area contributed by atoms with Gasteiger partial charge in [0, 0.05) is 11.3 Å². The summed E-state index contributed by atoms with van der Waals surface area (Å²) < 4.78 is 25.3. The van der Waals surface area contributed by atoms with Crippen LogP contribution in [-0.4, -0.2) is 26.0 Å². The van der Waals surface area contributed by atoms with Crippen molar-refractivity contribution >= 4 is 33.2 Å². The van der Waals surface area contributed by atoms with E-state index in [4.69, 9.17) is 0 Å². The molecule has 1 atom stereocenters. The molecule has 0 aliphatic carbocycles. The van der Waals surface area contributed by atoms with Crippen LogP contribution in [-0.2, 0) is 14.8 Å². The molecule has 7 heteroatoms. The lowest BCUT2D eigenvalue weighted by molar-refractivity contribution is -0.119. The van der Waals surface area contributed by atoms with Crippen molar-refractivity contribution in [3.8, 4) is 0 Å². The van der Waals surface area contributed by atoms with Crippen molar-refractivity contribution in [1.82, 2.24) is 0 Å². The van der Waals surface area contributed by atoms with Crippen LogP contribution in [0.2, 0.25) is 0 Å². The molecule has 0 saturated carbocycles. The SMILES string of the molecule is Cc1cc(C)cc(NC(=O)c2cccc(N3C(=O)[C@H](C)CS3(=O)=O)c2)c1. The average molecular weight is 372 g/mol. The molecular weight excluding hydrogens is 352 g/mol. The second kappa shape index (κ2) is 6.57. The van der Waals surface area contributed by atoms with Crippen LogP contribution in [0.1, 0.15) is 28.4 Å². The molecule has 0 spiro atoms. The minimum atomic E-state index is -3.70. The summed E-state index contributed by atoms with van der Waals surface area (Å²) in [6.45, 7) is 5.46. The first-order valence-electron chi connectivity index (χ1n) is 8.24. The normalized spacial score (nSPS) is 18.8. The zero-order chi connectivity index (χ0) is 19.1. The molecule has 0 aromatic heterocycles. The molecule has 2 amide bonds. The number of aryl methyl sites for hydroxylation is 2. The van der Waals surface area contributed by atoms with Crippen molar-refractivity contribution in [2.45, 2.75) is 20.8 Å². The van der Waals surface area contributed by atoms with Gasteiger partial charge in [-0.2, -0.15) is 0 Å². The number of rotatable bonds is 3. The van der Waals surface area contributed by atoms with E-state index in [1.807, 2.05) is 32.0 Å². The summed E-state index contributed by atoms with van der Waals surface area (Å²) >= 11 is 0. The maximum absolute atomic E-state index is 12.5. The first kappa shape index (κ1) is 18.1. The Labute approximate surface area is 152 Å². The molecule has 1 heterocycles. The number of sulfonamides is 1. The van der Waals surface area contributed by atoms with Crippen LogP contribution in [0.3, 0.4) is 0 Å². The first-order chi connectivity index (χ1) is 12.2. The standard InChI is InChI=1S/C19H20N2O4S/c1-12-7-13(2)9-16(8-12)20-18(22)15-5-4-6-17(10-15)21-19(23)14(3)11-26(21,24)25/h4-10,14H,11H2,1-3H3,(H,20,22)/t14-/m1/s1. The summed E-state index contributed by atoms with van der Waals surface area (Å²) in [4.78, 5) is 24.8.